The minimum atomic E-state index is -0.491. The van der Waals surface area contributed by atoms with Gasteiger partial charge < -0.3 is 9.26 Å². The summed E-state index contributed by atoms with van der Waals surface area (Å²) >= 11 is 0. The number of carbonyl (C=O) groups excluding carboxylic acids is 1. The lowest BCUT2D eigenvalue weighted by Gasteiger charge is -2.04. The Kier molecular flexibility index (Phi) is 6.05. The summed E-state index contributed by atoms with van der Waals surface area (Å²) < 4.78 is 23.2. The maximum absolute atomic E-state index is 12.9. The van der Waals surface area contributed by atoms with Crippen molar-refractivity contribution in [1.29, 1.82) is 0 Å². The molecule has 0 aliphatic heterocycles. The van der Waals surface area contributed by atoms with Gasteiger partial charge in [-0.05, 0) is 48.4 Å². The lowest BCUT2D eigenvalue weighted by molar-refractivity contribution is -0.384. The largest absolute Gasteiger partial charge is 0.461 e. The first-order valence-corrected chi connectivity index (χ1v) is 8.49. The summed E-state index contributed by atoms with van der Waals surface area (Å²) in [5.74, 6) is -0.00502. The molecule has 0 spiro atoms. The second-order valence-corrected chi connectivity index (χ2v) is 5.96. The molecular formula is C19H16FN3O5. The van der Waals surface area contributed by atoms with E-state index in [2.05, 4.69) is 10.1 Å². The van der Waals surface area contributed by atoms with Crippen LogP contribution < -0.4 is 0 Å². The number of nitro benzene ring substituents is 1. The van der Waals surface area contributed by atoms with E-state index in [9.17, 15) is 19.3 Å². The Labute approximate surface area is 159 Å². The topological polar surface area (TPSA) is 108 Å². The third-order valence-corrected chi connectivity index (χ3v) is 3.89. The number of hydrogen-bond acceptors (Lipinski definition) is 7. The number of aromatic nitrogens is 2. The van der Waals surface area contributed by atoms with E-state index >= 15 is 0 Å². The highest BCUT2D eigenvalue weighted by atomic mass is 19.1. The second kappa shape index (κ2) is 8.85. The molecule has 8 nitrogen and oxygen atoms in total. The van der Waals surface area contributed by atoms with Gasteiger partial charge in [0, 0.05) is 30.5 Å². The van der Waals surface area contributed by atoms with Crippen LogP contribution >= 0.6 is 0 Å². The Morgan fingerprint density at radius 3 is 2.54 bits per heavy atom. The summed E-state index contributed by atoms with van der Waals surface area (Å²) in [4.78, 5) is 26.1. The van der Waals surface area contributed by atoms with Gasteiger partial charge in [-0.2, -0.15) is 4.98 Å². The van der Waals surface area contributed by atoms with Gasteiger partial charge in [-0.1, -0.05) is 5.16 Å². The molecule has 3 rings (SSSR count). The molecule has 1 heterocycles. The molecule has 0 amide bonds. The number of ether oxygens (including phenoxy) is 1. The van der Waals surface area contributed by atoms with Gasteiger partial charge in [0.1, 0.15) is 12.4 Å². The number of non-ortho nitro benzene ring substituents is 1. The van der Waals surface area contributed by atoms with Crippen LogP contribution in [0.5, 0.6) is 0 Å². The van der Waals surface area contributed by atoms with Crippen LogP contribution in [-0.2, 0) is 22.6 Å². The van der Waals surface area contributed by atoms with Crippen LogP contribution in [-0.4, -0.2) is 21.0 Å². The van der Waals surface area contributed by atoms with Gasteiger partial charge in [0.2, 0.25) is 11.7 Å². The zero-order chi connectivity index (χ0) is 19.9. The fourth-order valence-corrected chi connectivity index (χ4v) is 2.41. The normalized spacial score (nSPS) is 10.6. The van der Waals surface area contributed by atoms with Gasteiger partial charge in [-0.15, -0.1) is 0 Å². The fourth-order valence-electron chi connectivity index (χ4n) is 2.41. The Bertz CT molecular complexity index is 954. The number of aryl methyl sites for hydroxylation is 1. The maximum atomic E-state index is 12.9. The number of esters is 1. The van der Waals surface area contributed by atoms with Gasteiger partial charge in [0.25, 0.3) is 5.69 Å². The Morgan fingerprint density at radius 1 is 1.14 bits per heavy atom. The smallest absolute Gasteiger partial charge is 0.306 e. The van der Waals surface area contributed by atoms with E-state index in [-0.39, 0.29) is 24.5 Å². The van der Waals surface area contributed by atoms with Crippen molar-refractivity contribution in [2.45, 2.75) is 25.9 Å². The van der Waals surface area contributed by atoms with Gasteiger partial charge >= 0.3 is 5.97 Å². The highest BCUT2D eigenvalue weighted by Crippen LogP contribution is 2.17. The van der Waals surface area contributed by atoms with Crippen LogP contribution in [0.2, 0.25) is 0 Å². The van der Waals surface area contributed by atoms with Gasteiger partial charge in [-0.3, -0.25) is 14.9 Å². The van der Waals surface area contributed by atoms with Crippen molar-refractivity contribution in [3.8, 4) is 11.4 Å². The summed E-state index contributed by atoms with van der Waals surface area (Å²) in [7, 11) is 0. The number of carbonyl (C=O) groups is 1. The fraction of sp³-hybridized carbons (Fsp3) is 0.211. The van der Waals surface area contributed by atoms with Gasteiger partial charge in [0.05, 0.1) is 4.92 Å². The van der Waals surface area contributed by atoms with Crippen LogP contribution in [0.4, 0.5) is 10.1 Å². The maximum Gasteiger partial charge on any atom is 0.306 e. The number of rotatable bonds is 8. The molecule has 0 aliphatic rings. The monoisotopic (exact) mass is 385 g/mol. The average molecular weight is 385 g/mol. The lowest BCUT2D eigenvalue weighted by atomic mass is 10.2. The molecule has 28 heavy (non-hydrogen) atoms. The predicted octanol–water partition coefficient (Wildman–Crippen LogP) is 3.85. The first-order valence-electron chi connectivity index (χ1n) is 8.49. The molecule has 0 unspecified atom stereocenters. The quantitative estimate of drug-likeness (QED) is 0.329. The average Bonchev–Trinajstić information content (AvgIpc) is 3.16. The number of hydrogen-bond donors (Lipinski definition) is 0. The van der Waals surface area contributed by atoms with Crippen molar-refractivity contribution >= 4 is 11.7 Å². The van der Waals surface area contributed by atoms with Crippen molar-refractivity contribution in [2.24, 2.45) is 0 Å². The van der Waals surface area contributed by atoms with E-state index in [0.29, 0.717) is 35.7 Å². The molecule has 0 fully saturated rings. The third kappa shape index (κ3) is 5.19. The third-order valence-electron chi connectivity index (χ3n) is 3.89. The highest BCUT2D eigenvalue weighted by Gasteiger charge is 2.11. The molecule has 2 aromatic carbocycles. The first kappa shape index (κ1) is 19.2. The van der Waals surface area contributed by atoms with Crippen LogP contribution in [0.3, 0.4) is 0 Å². The minimum absolute atomic E-state index is 0.0189. The molecule has 0 saturated carbocycles. The summed E-state index contributed by atoms with van der Waals surface area (Å²) in [6.45, 7) is 0.0477. The van der Waals surface area contributed by atoms with Crippen molar-refractivity contribution in [3.63, 3.8) is 0 Å². The SMILES string of the molecule is O=C(CCCc1nc(-c2ccc(F)cc2)no1)OCc1ccc([N+](=O)[O-])cc1. The predicted molar refractivity (Wildman–Crippen MR) is 95.5 cm³/mol. The van der Waals surface area contributed by atoms with Crippen LogP contribution in [0.15, 0.2) is 53.1 Å². The minimum Gasteiger partial charge on any atom is -0.461 e. The van der Waals surface area contributed by atoms with Crippen molar-refractivity contribution in [1.82, 2.24) is 10.1 Å². The van der Waals surface area contributed by atoms with Crippen molar-refractivity contribution in [2.75, 3.05) is 0 Å². The molecule has 0 saturated heterocycles. The Balaban J connectivity index is 1.41. The summed E-state index contributed by atoms with van der Waals surface area (Å²) in [5, 5.41) is 14.4. The van der Waals surface area contributed by atoms with E-state index < -0.39 is 10.9 Å². The van der Waals surface area contributed by atoms with Crippen LogP contribution in [0, 0.1) is 15.9 Å². The highest BCUT2D eigenvalue weighted by molar-refractivity contribution is 5.69. The standard InChI is InChI=1S/C19H16FN3O5/c20-15-8-6-14(7-9-15)19-21-17(28-22-19)2-1-3-18(24)27-12-13-4-10-16(11-5-13)23(25)26/h4-11H,1-3,12H2. The molecule has 9 heteroatoms. The van der Waals surface area contributed by atoms with Crippen molar-refractivity contribution in [3.05, 3.63) is 75.9 Å². The van der Waals surface area contributed by atoms with E-state index in [4.69, 9.17) is 9.26 Å². The molecule has 0 atom stereocenters. The second-order valence-electron chi connectivity index (χ2n) is 5.96. The molecule has 3 aromatic rings. The lowest BCUT2D eigenvalue weighted by Crippen LogP contribution is -2.05. The summed E-state index contributed by atoms with van der Waals surface area (Å²) in [6, 6.07) is 11.5. The van der Waals surface area contributed by atoms with E-state index in [0.717, 1.165) is 0 Å². The molecule has 1 aromatic heterocycles. The molecular weight excluding hydrogens is 369 g/mol. The summed E-state index contributed by atoms with van der Waals surface area (Å²) in [6.07, 6.45) is 1.03. The van der Waals surface area contributed by atoms with Crippen LogP contribution in [0.25, 0.3) is 11.4 Å². The Hall–Kier alpha value is -3.62. The Morgan fingerprint density at radius 2 is 1.86 bits per heavy atom. The molecule has 0 bridgehead atoms. The zero-order valence-electron chi connectivity index (χ0n) is 14.7. The number of nitrogens with zero attached hydrogens (tertiary/aromatic N) is 3. The molecule has 0 radical (unpaired) electrons. The van der Waals surface area contributed by atoms with E-state index in [1.54, 1.807) is 24.3 Å². The van der Waals surface area contributed by atoms with Crippen LogP contribution in [0.1, 0.15) is 24.3 Å². The number of benzene rings is 2. The number of halogens is 1. The van der Waals surface area contributed by atoms with Crippen molar-refractivity contribution < 1.29 is 23.4 Å². The number of nitro groups is 1. The van der Waals surface area contributed by atoms with E-state index in [1.165, 1.54) is 24.3 Å². The van der Waals surface area contributed by atoms with E-state index in [1.807, 2.05) is 0 Å². The summed E-state index contributed by atoms with van der Waals surface area (Å²) in [5.41, 5.74) is 1.29. The molecule has 0 aliphatic carbocycles. The van der Waals surface area contributed by atoms with Gasteiger partial charge in [0.15, 0.2) is 0 Å². The molecule has 144 valence electrons. The van der Waals surface area contributed by atoms with Gasteiger partial charge in [-0.25, -0.2) is 4.39 Å². The first-order chi connectivity index (χ1) is 13.5. The zero-order valence-corrected chi connectivity index (χ0v) is 14.7. The molecule has 0 N–H and O–H groups in total.